The Morgan fingerprint density at radius 3 is 2.75 bits per heavy atom. The Morgan fingerprint density at radius 1 is 1.25 bits per heavy atom. The zero-order chi connectivity index (χ0) is 14.3. The second-order valence-electron chi connectivity index (χ2n) is 5.70. The predicted molar refractivity (Wildman–Crippen MR) is 76.3 cm³/mol. The Labute approximate surface area is 117 Å². The van der Waals surface area contributed by atoms with E-state index >= 15 is 0 Å². The van der Waals surface area contributed by atoms with Gasteiger partial charge in [-0.15, -0.1) is 0 Å². The van der Waals surface area contributed by atoms with Crippen LogP contribution in [0.1, 0.15) is 35.7 Å². The third kappa shape index (κ3) is 2.29. The molecule has 2 aromatic rings. The lowest BCUT2D eigenvalue weighted by atomic mass is 10.0. The number of nitrogens with one attached hydrogen (secondary N) is 1. The van der Waals surface area contributed by atoms with Crippen molar-refractivity contribution in [3.8, 4) is 5.75 Å². The summed E-state index contributed by atoms with van der Waals surface area (Å²) in [7, 11) is 0. The standard InChI is InChI=1S/C16H17NO3/c1-10-7-8-13(19-10)15(18)17-12-6-4-5-11-9-16(2,3)20-14(11)12/h4-8H,9H2,1-3H3,(H,17,18). The van der Waals surface area contributed by atoms with Gasteiger partial charge in [0.25, 0.3) is 5.91 Å². The second kappa shape index (κ2) is 4.40. The van der Waals surface area contributed by atoms with E-state index in [-0.39, 0.29) is 11.5 Å². The molecule has 1 amide bonds. The summed E-state index contributed by atoms with van der Waals surface area (Å²) >= 11 is 0. The molecule has 2 heterocycles. The van der Waals surface area contributed by atoms with Gasteiger partial charge in [0.05, 0.1) is 5.69 Å². The molecule has 0 radical (unpaired) electrons. The molecule has 1 aromatic carbocycles. The van der Waals surface area contributed by atoms with E-state index in [0.29, 0.717) is 17.2 Å². The van der Waals surface area contributed by atoms with E-state index in [9.17, 15) is 4.79 Å². The van der Waals surface area contributed by atoms with Gasteiger partial charge < -0.3 is 14.5 Å². The smallest absolute Gasteiger partial charge is 0.291 e. The van der Waals surface area contributed by atoms with E-state index in [2.05, 4.69) is 5.32 Å². The van der Waals surface area contributed by atoms with Crippen LogP contribution in [0.3, 0.4) is 0 Å². The van der Waals surface area contributed by atoms with Crippen LogP contribution in [0.4, 0.5) is 5.69 Å². The Morgan fingerprint density at radius 2 is 2.05 bits per heavy atom. The highest BCUT2D eigenvalue weighted by molar-refractivity contribution is 6.03. The normalized spacial score (nSPS) is 15.6. The van der Waals surface area contributed by atoms with Crippen LogP contribution in [0.25, 0.3) is 0 Å². The monoisotopic (exact) mass is 271 g/mol. The summed E-state index contributed by atoms with van der Waals surface area (Å²) in [5.41, 5.74) is 1.57. The minimum absolute atomic E-state index is 0.232. The molecule has 1 aliphatic heterocycles. The van der Waals surface area contributed by atoms with E-state index < -0.39 is 0 Å². The van der Waals surface area contributed by atoms with Crippen LogP contribution in [0.2, 0.25) is 0 Å². The van der Waals surface area contributed by atoms with Gasteiger partial charge >= 0.3 is 0 Å². The fraction of sp³-hybridized carbons (Fsp3) is 0.312. The number of furan rings is 1. The van der Waals surface area contributed by atoms with Crippen LogP contribution in [0.5, 0.6) is 5.75 Å². The molecule has 0 bridgehead atoms. The lowest BCUT2D eigenvalue weighted by Crippen LogP contribution is -2.25. The van der Waals surface area contributed by atoms with Gasteiger partial charge in [-0.2, -0.15) is 0 Å². The fourth-order valence-corrected chi connectivity index (χ4v) is 2.45. The first-order valence-corrected chi connectivity index (χ1v) is 6.63. The number of rotatable bonds is 2. The quantitative estimate of drug-likeness (QED) is 0.908. The summed E-state index contributed by atoms with van der Waals surface area (Å²) < 4.78 is 11.2. The number of hydrogen-bond acceptors (Lipinski definition) is 3. The number of benzene rings is 1. The minimum atomic E-state index is -0.264. The molecule has 20 heavy (non-hydrogen) atoms. The van der Waals surface area contributed by atoms with Gasteiger partial charge in [0.15, 0.2) is 5.76 Å². The molecular formula is C16H17NO3. The van der Waals surface area contributed by atoms with E-state index in [1.807, 2.05) is 39.0 Å². The number of para-hydroxylation sites is 1. The van der Waals surface area contributed by atoms with Crippen molar-refractivity contribution in [2.75, 3.05) is 5.32 Å². The number of amides is 1. The number of fused-ring (bicyclic) bond motifs is 1. The second-order valence-corrected chi connectivity index (χ2v) is 5.70. The molecular weight excluding hydrogens is 254 g/mol. The van der Waals surface area contributed by atoms with Crippen molar-refractivity contribution in [2.45, 2.75) is 32.8 Å². The third-order valence-electron chi connectivity index (χ3n) is 3.30. The van der Waals surface area contributed by atoms with Crippen molar-refractivity contribution in [2.24, 2.45) is 0 Å². The topological polar surface area (TPSA) is 51.5 Å². The molecule has 3 rings (SSSR count). The zero-order valence-electron chi connectivity index (χ0n) is 11.8. The van der Waals surface area contributed by atoms with Crippen LogP contribution >= 0.6 is 0 Å². The summed E-state index contributed by atoms with van der Waals surface area (Å²) in [6, 6.07) is 9.22. The Kier molecular flexibility index (Phi) is 2.82. The van der Waals surface area contributed by atoms with E-state index in [1.165, 1.54) is 0 Å². The van der Waals surface area contributed by atoms with Gasteiger partial charge in [0, 0.05) is 12.0 Å². The number of carbonyl (C=O) groups is 1. The van der Waals surface area contributed by atoms with Crippen molar-refractivity contribution in [3.63, 3.8) is 0 Å². The molecule has 0 atom stereocenters. The van der Waals surface area contributed by atoms with Gasteiger partial charge in [-0.1, -0.05) is 12.1 Å². The molecule has 1 aromatic heterocycles. The van der Waals surface area contributed by atoms with Crippen LogP contribution in [0, 0.1) is 6.92 Å². The maximum absolute atomic E-state index is 12.1. The third-order valence-corrected chi connectivity index (χ3v) is 3.30. The average Bonchev–Trinajstić information content (AvgIpc) is 2.92. The number of ether oxygens (including phenoxy) is 1. The van der Waals surface area contributed by atoms with E-state index in [1.54, 1.807) is 12.1 Å². The van der Waals surface area contributed by atoms with Crippen molar-refractivity contribution in [3.05, 3.63) is 47.4 Å². The Balaban J connectivity index is 1.86. The van der Waals surface area contributed by atoms with Crippen molar-refractivity contribution in [1.82, 2.24) is 0 Å². The van der Waals surface area contributed by atoms with E-state index in [4.69, 9.17) is 9.15 Å². The summed E-state index contributed by atoms with van der Waals surface area (Å²) in [4.78, 5) is 12.1. The number of aryl methyl sites for hydroxylation is 1. The lowest BCUT2D eigenvalue weighted by Gasteiger charge is -2.18. The van der Waals surface area contributed by atoms with Crippen LogP contribution in [-0.2, 0) is 6.42 Å². The molecule has 0 unspecified atom stereocenters. The molecule has 0 spiro atoms. The lowest BCUT2D eigenvalue weighted by molar-refractivity contribution is 0.0993. The van der Waals surface area contributed by atoms with Gasteiger partial charge in [-0.05, 0) is 39.0 Å². The first-order chi connectivity index (χ1) is 9.44. The number of hydrogen-bond donors (Lipinski definition) is 1. The molecule has 1 N–H and O–H groups in total. The molecule has 0 fully saturated rings. The van der Waals surface area contributed by atoms with Gasteiger partial charge in [0.1, 0.15) is 17.1 Å². The van der Waals surface area contributed by atoms with Gasteiger partial charge in [-0.3, -0.25) is 4.79 Å². The predicted octanol–water partition coefficient (Wildman–Crippen LogP) is 3.55. The molecule has 4 nitrogen and oxygen atoms in total. The molecule has 0 aliphatic carbocycles. The summed E-state index contributed by atoms with van der Waals surface area (Å²) in [6.07, 6.45) is 0.839. The van der Waals surface area contributed by atoms with Crippen LogP contribution in [-0.4, -0.2) is 11.5 Å². The summed E-state index contributed by atoms with van der Waals surface area (Å²) in [6.45, 7) is 5.88. The van der Waals surface area contributed by atoms with Crippen molar-refractivity contribution >= 4 is 11.6 Å². The summed E-state index contributed by atoms with van der Waals surface area (Å²) in [5.74, 6) is 1.51. The van der Waals surface area contributed by atoms with Crippen LogP contribution < -0.4 is 10.1 Å². The zero-order valence-corrected chi connectivity index (χ0v) is 11.8. The molecule has 0 saturated heterocycles. The van der Waals surface area contributed by atoms with Crippen molar-refractivity contribution in [1.29, 1.82) is 0 Å². The van der Waals surface area contributed by atoms with Crippen molar-refractivity contribution < 1.29 is 13.9 Å². The maximum Gasteiger partial charge on any atom is 0.291 e. The number of anilines is 1. The first-order valence-electron chi connectivity index (χ1n) is 6.63. The molecule has 1 aliphatic rings. The average molecular weight is 271 g/mol. The first kappa shape index (κ1) is 12.8. The molecule has 0 saturated carbocycles. The fourth-order valence-electron chi connectivity index (χ4n) is 2.45. The Hall–Kier alpha value is -2.23. The molecule has 4 heteroatoms. The highest BCUT2D eigenvalue weighted by Crippen LogP contribution is 2.40. The van der Waals surface area contributed by atoms with Gasteiger partial charge in [-0.25, -0.2) is 0 Å². The maximum atomic E-state index is 12.1. The minimum Gasteiger partial charge on any atom is -0.485 e. The largest absolute Gasteiger partial charge is 0.485 e. The van der Waals surface area contributed by atoms with Crippen LogP contribution in [0.15, 0.2) is 34.7 Å². The number of carbonyl (C=O) groups excluding carboxylic acids is 1. The van der Waals surface area contributed by atoms with E-state index in [0.717, 1.165) is 17.7 Å². The highest BCUT2D eigenvalue weighted by atomic mass is 16.5. The SMILES string of the molecule is Cc1ccc(C(=O)Nc2cccc3c2OC(C)(C)C3)o1. The summed E-state index contributed by atoms with van der Waals surface area (Å²) in [5, 5.41) is 2.85. The Bertz CT molecular complexity index is 670. The molecule has 104 valence electrons. The van der Waals surface area contributed by atoms with Gasteiger partial charge in [0.2, 0.25) is 0 Å². The highest BCUT2D eigenvalue weighted by Gasteiger charge is 2.32.